The zero-order valence-electron chi connectivity index (χ0n) is 11.1. The number of sulfonamides is 1. The molecule has 1 aromatic heterocycles. The number of hydrogen-bond acceptors (Lipinski definition) is 4. The van der Waals surface area contributed by atoms with E-state index in [0.717, 1.165) is 5.56 Å². The zero-order valence-corrected chi connectivity index (χ0v) is 11.9. The fourth-order valence-corrected chi connectivity index (χ4v) is 2.59. The van der Waals surface area contributed by atoms with Crippen LogP contribution in [0, 0.1) is 6.92 Å². The van der Waals surface area contributed by atoms with Crippen LogP contribution in [0.25, 0.3) is 0 Å². The van der Waals surface area contributed by atoms with Gasteiger partial charge in [-0.2, -0.15) is 0 Å². The minimum absolute atomic E-state index is 0.243. The molecule has 5 nitrogen and oxygen atoms in total. The molecule has 0 aliphatic carbocycles. The average molecular weight is 292 g/mol. The molecule has 1 heterocycles. The maximum absolute atomic E-state index is 12.0. The molecule has 106 valence electrons. The highest BCUT2D eigenvalue weighted by atomic mass is 32.2. The molecule has 1 N–H and O–H groups in total. The van der Waals surface area contributed by atoms with E-state index >= 15 is 0 Å². The molecule has 0 unspecified atom stereocenters. The molecule has 0 aliphatic rings. The topological polar surface area (TPSA) is 71.7 Å². The summed E-state index contributed by atoms with van der Waals surface area (Å²) in [5.74, 6) is 0.645. The van der Waals surface area contributed by atoms with Crippen LogP contribution in [0.3, 0.4) is 0 Å². The first-order valence-electron chi connectivity index (χ1n) is 6.17. The second-order valence-electron chi connectivity index (χ2n) is 4.26. The maximum atomic E-state index is 12.0. The lowest BCUT2D eigenvalue weighted by Crippen LogP contribution is -2.26. The summed E-state index contributed by atoms with van der Waals surface area (Å²) in [6.07, 6.45) is 3.13. The van der Waals surface area contributed by atoms with E-state index in [1.54, 1.807) is 48.9 Å². The third-order valence-corrected chi connectivity index (χ3v) is 4.10. The number of hydrogen-bond donors (Lipinski definition) is 1. The summed E-state index contributed by atoms with van der Waals surface area (Å²) < 4.78 is 31.5. The van der Waals surface area contributed by atoms with Crippen molar-refractivity contribution < 1.29 is 12.8 Å². The molecule has 0 fully saturated rings. The summed E-state index contributed by atoms with van der Waals surface area (Å²) in [5, 5.41) is 0. The Morgan fingerprint density at radius 1 is 1.25 bits per heavy atom. The van der Waals surface area contributed by atoms with E-state index in [4.69, 9.17) is 4.42 Å². The van der Waals surface area contributed by atoms with Crippen molar-refractivity contribution in [3.8, 4) is 0 Å². The summed E-state index contributed by atoms with van der Waals surface area (Å²) in [7, 11) is -3.46. The molecule has 0 amide bonds. The van der Waals surface area contributed by atoms with E-state index in [9.17, 15) is 8.42 Å². The van der Waals surface area contributed by atoms with Crippen molar-refractivity contribution in [3.63, 3.8) is 0 Å². The van der Waals surface area contributed by atoms with E-state index in [-0.39, 0.29) is 11.4 Å². The van der Waals surface area contributed by atoms with Gasteiger partial charge < -0.3 is 4.42 Å². The van der Waals surface area contributed by atoms with Crippen LogP contribution >= 0.6 is 0 Å². The van der Waals surface area contributed by atoms with Crippen LogP contribution < -0.4 is 4.72 Å². The highest BCUT2D eigenvalue weighted by Crippen LogP contribution is 2.09. The minimum atomic E-state index is -3.46. The molecule has 1 aromatic carbocycles. The van der Waals surface area contributed by atoms with Crippen molar-refractivity contribution >= 4 is 16.2 Å². The predicted molar refractivity (Wildman–Crippen MR) is 77.5 cm³/mol. The van der Waals surface area contributed by atoms with Gasteiger partial charge in [0.25, 0.3) is 0 Å². The molecule has 20 heavy (non-hydrogen) atoms. The van der Waals surface area contributed by atoms with Gasteiger partial charge >= 0.3 is 0 Å². The van der Waals surface area contributed by atoms with E-state index < -0.39 is 10.0 Å². The molecular formula is C14H16N2O3S. The lowest BCUT2D eigenvalue weighted by molar-refractivity contribution is 0.560. The van der Waals surface area contributed by atoms with Crippen molar-refractivity contribution in [1.29, 1.82) is 0 Å². The van der Waals surface area contributed by atoms with Gasteiger partial charge in [-0.05, 0) is 31.2 Å². The molecule has 6 heteroatoms. The summed E-state index contributed by atoms with van der Waals surface area (Å²) in [6.45, 7) is 2.51. The van der Waals surface area contributed by atoms with Gasteiger partial charge in [-0.25, -0.2) is 13.1 Å². The lowest BCUT2D eigenvalue weighted by Gasteiger charge is -2.05. The van der Waals surface area contributed by atoms with Crippen molar-refractivity contribution in [3.05, 3.63) is 54.0 Å². The number of aryl methyl sites for hydroxylation is 1. The van der Waals surface area contributed by atoms with Crippen LogP contribution in [0.2, 0.25) is 0 Å². The smallest absolute Gasteiger partial charge is 0.240 e. The van der Waals surface area contributed by atoms with Gasteiger partial charge in [0.1, 0.15) is 5.76 Å². The van der Waals surface area contributed by atoms with Crippen molar-refractivity contribution in [2.24, 2.45) is 4.99 Å². The highest BCUT2D eigenvalue weighted by molar-refractivity contribution is 7.89. The Morgan fingerprint density at radius 2 is 2.00 bits per heavy atom. The van der Waals surface area contributed by atoms with E-state index in [2.05, 4.69) is 9.71 Å². The molecular weight excluding hydrogens is 276 g/mol. The second-order valence-corrected chi connectivity index (χ2v) is 6.03. The number of rotatable bonds is 6. The number of aliphatic imine (C=N–C) groups is 1. The Hall–Kier alpha value is -1.92. The van der Waals surface area contributed by atoms with Gasteiger partial charge in [-0.1, -0.05) is 17.7 Å². The Morgan fingerprint density at radius 3 is 2.65 bits per heavy atom. The highest BCUT2D eigenvalue weighted by Gasteiger charge is 2.11. The van der Waals surface area contributed by atoms with Crippen LogP contribution in [-0.2, 0) is 10.0 Å². The Labute approximate surface area is 118 Å². The van der Waals surface area contributed by atoms with Crippen LogP contribution in [0.15, 0.2) is 57.0 Å². The van der Waals surface area contributed by atoms with Crippen molar-refractivity contribution in [2.45, 2.75) is 11.8 Å². The van der Waals surface area contributed by atoms with Gasteiger partial charge in [0.15, 0.2) is 0 Å². The van der Waals surface area contributed by atoms with Gasteiger partial charge in [0.2, 0.25) is 10.0 Å². The average Bonchev–Trinajstić information content (AvgIpc) is 2.92. The number of nitrogens with zero attached hydrogens (tertiary/aromatic N) is 1. The summed E-state index contributed by atoms with van der Waals surface area (Å²) in [6, 6.07) is 10.3. The van der Waals surface area contributed by atoms with E-state index in [1.165, 1.54) is 0 Å². The van der Waals surface area contributed by atoms with Crippen LogP contribution in [0.5, 0.6) is 0 Å². The molecule has 0 radical (unpaired) electrons. The number of furan rings is 1. The van der Waals surface area contributed by atoms with Crippen molar-refractivity contribution in [1.82, 2.24) is 4.72 Å². The molecule has 2 rings (SSSR count). The molecule has 0 aliphatic heterocycles. The zero-order chi connectivity index (χ0) is 14.4. The summed E-state index contributed by atoms with van der Waals surface area (Å²) in [4.78, 5) is 4.34. The SMILES string of the molecule is Cc1ccc(S(=O)(=O)NCCN=Cc2ccco2)cc1. The predicted octanol–water partition coefficient (Wildman–Crippen LogP) is 1.99. The Bertz CT molecular complexity index is 659. The monoisotopic (exact) mass is 292 g/mol. The lowest BCUT2D eigenvalue weighted by atomic mass is 10.2. The largest absolute Gasteiger partial charge is 0.463 e. The number of benzene rings is 1. The van der Waals surface area contributed by atoms with Gasteiger partial charge in [-0.15, -0.1) is 0 Å². The van der Waals surface area contributed by atoms with Crippen molar-refractivity contribution in [2.75, 3.05) is 13.1 Å². The van der Waals surface area contributed by atoms with Gasteiger partial charge in [-0.3, -0.25) is 4.99 Å². The molecule has 0 spiro atoms. The molecule has 0 bridgehead atoms. The second kappa shape index (κ2) is 6.49. The van der Waals surface area contributed by atoms with Crippen LogP contribution in [-0.4, -0.2) is 27.7 Å². The number of nitrogens with one attached hydrogen (secondary N) is 1. The normalized spacial score (nSPS) is 12.1. The molecule has 0 atom stereocenters. The maximum Gasteiger partial charge on any atom is 0.240 e. The fourth-order valence-electron chi connectivity index (χ4n) is 1.56. The Kier molecular flexibility index (Phi) is 4.70. The van der Waals surface area contributed by atoms with Gasteiger partial charge in [0.05, 0.1) is 23.9 Å². The summed E-state index contributed by atoms with van der Waals surface area (Å²) >= 11 is 0. The third-order valence-electron chi connectivity index (χ3n) is 2.63. The molecule has 0 saturated carbocycles. The molecule has 0 saturated heterocycles. The third kappa shape index (κ3) is 4.04. The first-order valence-corrected chi connectivity index (χ1v) is 7.66. The first kappa shape index (κ1) is 14.5. The quantitative estimate of drug-likeness (QED) is 0.653. The van der Waals surface area contributed by atoms with Crippen LogP contribution in [0.4, 0.5) is 0 Å². The van der Waals surface area contributed by atoms with Crippen LogP contribution in [0.1, 0.15) is 11.3 Å². The fraction of sp³-hybridized carbons (Fsp3) is 0.214. The molecule has 2 aromatic rings. The first-order chi connectivity index (χ1) is 9.58. The van der Waals surface area contributed by atoms with Gasteiger partial charge in [0, 0.05) is 6.54 Å². The van der Waals surface area contributed by atoms with E-state index in [1.807, 2.05) is 6.92 Å². The van der Waals surface area contributed by atoms with E-state index in [0.29, 0.717) is 12.3 Å². The Balaban J connectivity index is 1.85. The standard InChI is InChI=1S/C14H16N2O3S/c1-12-4-6-14(7-5-12)20(17,18)16-9-8-15-11-13-3-2-10-19-13/h2-7,10-11,16H,8-9H2,1H3. The minimum Gasteiger partial charge on any atom is -0.463 e. The summed E-state index contributed by atoms with van der Waals surface area (Å²) in [5.41, 5.74) is 1.02.